The summed E-state index contributed by atoms with van der Waals surface area (Å²) in [4.78, 5) is 31.1. The third kappa shape index (κ3) is 4.35. The lowest BCUT2D eigenvalue weighted by molar-refractivity contribution is -0.138. The summed E-state index contributed by atoms with van der Waals surface area (Å²) in [6.07, 6.45) is 1.44. The first-order valence-corrected chi connectivity index (χ1v) is 10.1. The molecule has 0 N–H and O–H groups in total. The van der Waals surface area contributed by atoms with Crippen molar-refractivity contribution in [2.45, 2.75) is 12.8 Å². The van der Waals surface area contributed by atoms with E-state index in [0.717, 1.165) is 19.5 Å². The second kappa shape index (κ2) is 8.46. The fraction of sp³-hybridized carbons (Fsp3) is 0.391. The van der Waals surface area contributed by atoms with Crippen LogP contribution >= 0.6 is 0 Å². The molecular weight excluding hydrogens is 350 g/mol. The Bertz CT molecular complexity index is 801. The Morgan fingerprint density at radius 1 is 0.893 bits per heavy atom. The molecule has 0 saturated carbocycles. The number of benzene rings is 2. The topological polar surface area (TPSA) is 43.9 Å². The van der Waals surface area contributed by atoms with Crippen molar-refractivity contribution in [1.29, 1.82) is 0 Å². The number of carbonyl (C=O) groups is 2. The molecular formula is C23H27N3O2. The Hall–Kier alpha value is -2.82. The Morgan fingerprint density at radius 2 is 1.54 bits per heavy atom. The third-order valence-corrected chi connectivity index (χ3v) is 5.74. The first-order chi connectivity index (χ1) is 13.7. The summed E-state index contributed by atoms with van der Waals surface area (Å²) >= 11 is 0. The zero-order chi connectivity index (χ0) is 19.3. The van der Waals surface area contributed by atoms with Gasteiger partial charge in [-0.2, -0.15) is 0 Å². The molecule has 1 atom stereocenters. The maximum Gasteiger partial charge on any atom is 0.242 e. The molecule has 2 aliphatic rings. The number of hydrogen-bond acceptors (Lipinski definition) is 3. The molecule has 0 aromatic heterocycles. The monoisotopic (exact) mass is 377 g/mol. The minimum atomic E-state index is 0.0708. The molecule has 4 rings (SSSR count). The lowest BCUT2D eigenvalue weighted by Crippen LogP contribution is -2.51. The Labute approximate surface area is 166 Å². The molecule has 2 heterocycles. The smallest absolute Gasteiger partial charge is 0.242 e. The van der Waals surface area contributed by atoms with E-state index >= 15 is 0 Å². The molecule has 28 heavy (non-hydrogen) atoms. The van der Waals surface area contributed by atoms with E-state index in [9.17, 15) is 9.59 Å². The quantitative estimate of drug-likeness (QED) is 0.804. The second-order valence-electron chi connectivity index (χ2n) is 7.74. The number of hydrogen-bond donors (Lipinski definition) is 0. The van der Waals surface area contributed by atoms with Gasteiger partial charge in [-0.25, -0.2) is 0 Å². The van der Waals surface area contributed by atoms with Crippen LogP contribution in [0, 0.1) is 5.92 Å². The number of anilines is 1. The average Bonchev–Trinajstić information content (AvgIpc) is 3.08. The highest BCUT2D eigenvalue weighted by molar-refractivity contribution is 5.86. The number of rotatable bonds is 5. The van der Waals surface area contributed by atoms with Crippen molar-refractivity contribution in [1.82, 2.24) is 9.80 Å². The number of carbonyl (C=O) groups excluding carboxylic acids is 2. The highest BCUT2D eigenvalue weighted by Crippen LogP contribution is 2.22. The minimum Gasteiger partial charge on any atom is -0.368 e. The van der Waals surface area contributed by atoms with E-state index in [-0.39, 0.29) is 18.4 Å². The van der Waals surface area contributed by atoms with Crippen molar-refractivity contribution >= 4 is 17.5 Å². The highest BCUT2D eigenvalue weighted by Gasteiger charge is 2.32. The highest BCUT2D eigenvalue weighted by atomic mass is 16.2. The molecule has 0 spiro atoms. The van der Waals surface area contributed by atoms with Crippen LogP contribution in [0.3, 0.4) is 0 Å². The predicted molar refractivity (Wildman–Crippen MR) is 110 cm³/mol. The summed E-state index contributed by atoms with van der Waals surface area (Å²) in [6.45, 7) is 3.99. The van der Waals surface area contributed by atoms with Gasteiger partial charge in [0.25, 0.3) is 0 Å². The number of likely N-dealkylation sites (tertiary alicyclic amines) is 1. The maximum atomic E-state index is 12.7. The van der Waals surface area contributed by atoms with Crippen LogP contribution in [0.5, 0.6) is 0 Å². The third-order valence-electron chi connectivity index (χ3n) is 5.74. The Kier molecular flexibility index (Phi) is 5.60. The van der Waals surface area contributed by atoms with Gasteiger partial charge in [0, 0.05) is 44.8 Å². The lowest BCUT2D eigenvalue weighted by atomic mass is 9.99. The molecule has 2 saturated heterocycles. The molecule has 2 fully saturated rings. The van der Waals surface area contributed by atoms with Crippen LogP contribution in [0.4, 0.5) is 5.69 Å². The fourth-order valence-corrected chi connectivity index (χ4v) is 4.21. The van der Waals surface area contributed by atoms with Crippen molar-refractivity contribution in [2.75, 3.05) is 44.2 Å². The van der Waals surface area contributed by atoms with E-state index in [4.69, 9.17) is 0 Å². The van der Waals surface area contributed by atoms with E-state index < -0.39 is 0 Å². The molecule has 2 aliphatic heterocycles. The van der Waals surface area contributed by atoms with Crippen molar-refractivity contribution in [3.63, 3.8) is 0 Å². The van der Waals surface area contributed by atoms with Crippen molar-refractivity contribution in [3.05, 3.63) is 66.2 Å². The number of piperazine rings is 1. The van der Waals surface area contributed by atoms with Gasteiger partial charge < -0.3 is 14.7 Å². The molecule has 2 aromatic rings. The van der Waals surface area contributed by atoms with Crippen LogP contribution in [0.2, 0.25) is 0 Å². The van der Waals surface area contributed by atoms with Gasteiger partial charge >= 0.3 is 0 Å². The number of nitrogens with zero attached hydrogens (tertiary/aromatic N) is 3. The van der Waals surface area contributed by atoms with Gasteiger partial charge in [-0.15, -0.1) is 0 Å². The van der Waals surface area contributed by atoms with Gasteiger partial charge in [0.1, 0.15) is 0 Å². The molecule has 2 amide bonds. The summed E-state index contributed by atoms with van der Waals surface area (Å²) in [5.41, 5.74) is 2.46. The fourth-order valence-electron chi connectivity index (χ4n) is 4.21. The minimum absolute atomic E-state index is 0.0708. The van der Waals surface area contributed by atoms with E-state index in [1.54, 1.807) is 4.90 Å². The van der Waals surface area contributed by atoms with Gasteiger partial charge in [-0.1, -0.05) is 48.5 Å². The normalized spacial score (nSPS) is 19.9. The molecule has 146 valence electrons. The average molecular weight is 377 g/mol. The zero-order valence-corrected chi connectivity index (χ0v) is 16.2. The first kappa shape index (κ1) is 18.5. The van der Waals surface area contributed by atoms with E-state index in [0.29, 0.717) is 32.0 Å². The first-order valence-electron chi connectivity index (χ1n) is 10.1. The van der Waals surface area contributed by atoms with Crippen LogP contribution in [0.15, 0.2) is 60.7 Å². The predicted octanol–water partition coefficient (Wildman–Crippen LogP) is 2.43. The molecule has 0 radical (unpaired) electrons. The summed E-state index contributed by atoms with van der Waals surface area (Å²) in [6, 6.07) is 20.6. The van der Waals surface area contributed by atoms with Gasteiger partial charge in [-0.05, 0) is 30.0 Å². The number of amides is 2. The summed E-state index contributed by atoms with van der Waals surface area (Å²) in [7, 11) is 0. The van der Waals surface area contributed by atoms with Crippen LogP contribution in [0.25, 0.3) is 0 Å². The van der Waals surface area contributed by atoms with E-state index in [1.165, 1.54) is 11.3 Å². The molecule has 1 unspecified atom stereocenters. The molecule has 0 bridgehead atoms. The van der Waals surface area contributed by atoms with Crippen LogP contribution in [-0.4, -0.2) is 60.9 Å². The van der Waals surface area contributed by atoms with E-state index in [2.05, 4.69) is 29.2 Å². The van der Waals surface area contributed by atoms with Crippen molar-refractivity contribution in [2.24, 2.45) is 5.92 Å². The van der Waals surface area contributed by atoms with Crippen LogP contribution in [0.1, 0.15) is 12.0 Å². The van der Waals surface area contributed by atoms with Gasteiger partial charge in [-0.3, -0.25) is 9.59 Å². The van der Waals surface area contributed by atoms with Gasteiger partial charge in [0.05, 0.1) is 6.54 Å². The summed E-state index contributed by atoms with van der Waals surface area (Å²) in [5, 5.41) is 0. The van der Waals surface area contributed by atoms with Gasteiger partial charge in [0.2, 0.25) is 11.8 Å². The summed E-state index contributed by atoms with van der Waals surface area (Å²) in [5.74, 6) is 0.483. The summed E-state index contributed by atoms with van der Waals surface area (Å²) < 4.78 is 0. The SMILES string of the molecule is O=C(CN1CC(Cc2ccccc2)CC1=O)N1CCN(c2ccccc2)CC1. The molecule has 5 heteroatoms. The molecule has 2 aromatic carbocycles. The maximum absolute atomic E-state index is 12.7. The lowest BCUT2D eigenvalue weighted by Gasteiger charge is -2.36. The Balaban J connectivity index is 1.26. The molecule has 5 nitrogen and oxygen atoms in total. The van der Waals surface area contributed by atoms with Crippen LogP contribution in [-0.2, 0) is 16.0 Å². The largest absolute Gasteiger partial charge is 0.368 e. The standard InChI is InChI=1S/C23H27N3O2/c27-22-16-20(15-19-7-3-1-4-8-19)17-26(22)18-23(28)25-13-11-24(12-14-25)21-9-5-2-6-10-21/h1-10,20H,11-18H2. The molecule has 0 aliphatic carbocycles. The Morgan fingerprint density at radius 3 is 2.21 bits per heavy atom. The zero-order valence-electron chi connectivity index (χ0n) is 16.2. The second-order valence-corrected chi connectivity index (χ2v) is 7.74. The number of para-hydroxylation sites is 1. The van der Waals surface area contributed by atoms with Crippen molar-refractivity contribution in [3.8, 4) is 0 Å². The van der Waals surface area contributed by atoms with Crippen LogP contribution < -0.4 is 4.90 Å². The van der Waals surface area contributed by atoms with Gasteiger partial charge in [0.15, 0.2) is 0 Å². The van der Waals surface area contributed by atoms with E-state index in [1.807, 2.05) is 41.3 Å². The van der Waals surface area contributed by atoms with Crippen molar-refractivity contribution < 1.29 is 9.59 Å².